The third-order valence-electron chi connectivity index (χ3n) is 14.3. The number of nitrogens with one attached hydrogen (secondary N) is 1. The zero-order valence-corrected chi connectivity index (χ0v) is 40.6. The second-order valence-corrected chi connectivity index (χ2v) is 28.7. The predicted molar refractivity (Wildman–Crippen MR) is 253 cm³/mol. The first-order valence-electron chi connectivity index (χ1n) is 22.3. The highest BCUT2D eigenvalue weighted by Crippen LogP contribution is 2.45. The summed E-state index contributed by atoms with van der Waals surface area (Å²) in [5.74, 6) is 1.62. The highest BCUT2D eigenvalue weighted by Gasteiger charge is 2.46. The van der Waals surface area contributed by atoms with Crippen molar-refractivity contribution >= 4 is 45.0 Å². The number of rotatable bonds is 9. The summed E-state index contributed by atoms with van der Waals surface area (Å²) >= 11 is 0. The van der Waals surface area contributed by atoms with Crippen LogP contribution in [0.15, 0.2) is 37.2 Å². The van der Waals surface area contributed by atoms with E-state index in [0.29, 0.717) is 54.8 Å². The van der Waals surface area contributed by atoms with E-state index in [1.165, 1.54) is 34.5 Å². The number of sulfonamides is 2. The Hall–Kier alpha value is -3.35. The molecule has 342 valence electrons. The molecule has 4 aromatic heterocycles. The van der Waals surface area contributed by atoms with Crippen LogP contribution in [0.1, 0.15) is 134 Å². The molecule has 0 aliphatic carbocycles. The molecule has 0 unspecified atom stereocenters. The van der Waals surface area contributed by atoms with Crippen LogP contribution in [-0.4, -0.2) is 114 Å². The van der Waals surface area contributed by atoms with Crippen LogP contribution in [0.2, 0.25) is 16.6 Å². The molecule has 0 spiro atoms. The first-order chi connectivity index (χ1) is 28.8. The van der Waals surface area contributed by atoms with E-state index in [9.17, 15) is 16.8 Å². The SMILES string of the molecule is C.CC(C)[Si](C(C)C)(C(C)C)n1ccc2c(N3Cc4c(ncnc4C4CCN(S(C)(=O)=O)CC4)C[C@H]3C)nccc21.C[C@@H]1Cc2ncnc(C3CCN(S(C)(=O)=O)CC3)c2CN1. The number of hydrogen-bond donors (Lipinski definition) is 1. The summed E-state index contributed by atoms with van der Waals surface area (Å²) in [6, 6.07) is 5.21. The summed E-state index contributed by atoms with van der Waals surface area (Å²) in [5.41, 5.74) is 10.0. The maximum absolute atomic E-state index is 12.1. The molecule has 4 aliphatic heterocycles. The van der Waals surface area contributed by atoms with Crippen molar-refractivity contribution in [3.8, 4) is 0 Å². The molecule has 4 aromatic rings. The second kappa shape index (κ2) is 19.0. The Kier molecular flexibility index (Phi) is 14.8. The van der Waals surface area contributed by atoms with Gasteiger partial charge in [0.05, 0.1) is 35.3 Å². The van der Waals surface area contributed by atoms with Crippen molar-refractivity contribution in [3.05, 3.63) is 71.1 Å². The smallest absolute Gasteiger partial charge is 0.211 e. The molecule has 8 heterocycles. The Balaban J connectivity index is 0.000000245. The topological polar surface area (TPSA) is 159 Å². The van der Waals surface area contributed by atoms with Crippen molar-refractivity contribution in [1.82, 2.24) is 43.1 Å². The summed E-state index contributed by atoms with van der Waals surface area (Å²) in [6.07, 6.45) is 15.3. The van der Waals surface area contributed by atoms with Crippen LogP contribution in [0, 0.1) is 0 Å². The fourth-order valence-corrected chi connectivity index (χ4v) is 19.7. The molecular formula is C45H72N10O4S2Si. The van der Waals surface area contributed by atoms with Gasteiger partial charge in [-0.15, -0.1) is 0 Å². The van der Waals surface area contributed by atoms with Gasteiger partial charge in [-0.05, 0) is 74.5 Å². The molecule has 0 saturated carbocycles. The first-order valence-corrected chi connectivity index (χ1v) is 28.2. The summed E-state index contributed by atoms with van der Waals surface area (Å²) in [7, 11) is -8.14. The van der Waals surface area contributed by atoms with E-state index >= 15 is 0 Å². The lowest BCUT2D eigenvalue weighted by molar-refractivity contribution is 0.316. The monoisotopic (exact) mass is 908 g/mol. The second-order valence-electron chi connectivity index (χ2n) is 19.0. The number of nitrogens with zero attached hydrogens (tertiary/aromatic N) is 9. The molecule has 1 N–H and O–H groups in total. The van der Waals surface area contributed by atoms with Crippen molar-refractivity contribution in [3.63, 3.8) is 0 Å². The van der Waals surface area contributed by atoms with E-state index < -0.39 is 28.3 Å². The molecule has 0 aromatic carbocycles. The van der Waals surface area contributed by atoms with Gasteiger partial charge in [0.15, 0.2) is 8.24 Å². The van der Waals surface area contributed by atoms with Crippen molar-refractivity contribution in [2.45, 2.75) is 155 Å². The van der Waals surface area contributed by atoms with E-state index in [2.05, 4.69) is 98.1 Å². The minimum Gasteiger partial charge on any atom is -0.373 e. The van der Waals surface area contributed by atoms with Gasteiger partial charge in [-0.2, -0.15) is 0 Å². The van der Waals surface area contributed by atoms with Crippen LogP contribution in [-0.2, 0) is 46.0 Å². The zero-order chi connectivity index (χ0) is 44.0. The van der Waals surface area contributed by atoms with Gasteiger partial charge in [-0.3, -0.25) is 0 Å². The van der Waals surface area contributed by atoms with Crippen LogP contribution in [0.4, 0.5) is 5.82 Å². The minimum atomic E-state index is -3.16. The van der Waals surface area contributed by atoms with E-state index in [-0.39, 0.29) is 19.4 Å². The molecule has 0 bridgehead atoms. The highest BCUT2D eigenvalue weighted by molar-refractivity contribution is 7.88. The normalized spacial score (nSPS) is 21.1. The summed E-state index contributed by atoms with van der Waals surface area (Å²) in [4.78, 5) is 25.8. The summed E-state index contributed by atoms with van der Waals surface area (Å²) in [5, 5.41) is 4.68. The Labute approximate surface area is 372 Å². The minimum absolute atomic E-state index is 0. The van der Waals surface area contributed by atoms with Crippen LogP contribution < -0.4 is 10.2 Å². The molecule has 8 rings (SSSR count). The van der Waals surface area contributed by atoms with E-state index in [1.807, 2.05) is 6.20 Å². The molecule has 2 atom stereocenters. The molecule has 0 radical (unpaired) electrons. The fraction of sp³-hybridized carbons (Fsp3) is 0.667. The van der Waals surface area contributed by atoms with Gasteiger partial charge in [-0.1, -0.05) is 49.0 Å². The Morgan fingerprint density at radius 2 is 1.19 bits per heavy atom. The number of anilines is 1. The standard InChI is InChI=1S/C30H46N6O2SSi.C14H22N4O2S.CH4/c1-20(2)40(21(3)4,22(5)6)36-16-12-25-28(36)9-13-31-30(25)35-18-26-27(17-23(35)7)32-19-33-29(26)24-10-14-34(15-11-24)39(8,37)38;1-10-7-13-12(8-15-10)14(17-9-16-13)11-3-5-18(6-4-11)21(2,19)20;/h9,12-13,16,19-24H,10-11,14-15,17-18H2,1-8H3;9-11,15H,3-8H2,1-2H3;1H4/t23-;10-;/m11./s1. The molecule has 17 heteroatoms. The van der Waals surface area contributed by atoms with Crippen molar-refractivity contribution in [2.75, 3.05) is 43.6 Å². The number of piperidine rings is 2. The highest BCUT2D eigenvalue weighted by atomic mass is 32.2. The summed E-state index contributed by atoms with van der Waals surface area (Å²) < 4.78 is 53.1. The van der Waals surface area contributed by atoms with Crippen molar-refractivity contribution < 1.29 is 16.8 Å². The maximum Gasteiger partial charge on any atom is 0.211 e. The Bertz CT molecular complexity index is 2390. The van der Waals surface area contributed by atoms with Crippen molar-refractivity contribution in [2.24, 2.45) is 0 Å². The zero-order valence-electron chi connectivity index (χ0n) is 38.0. The third-order valence-corrected chi connectivity index (χ3v) is 23.7. The van der Waals surface area contributed by atoms with Gasteiger partial charge in [0, 0.05) is 104 Å². The van der Waals surface area contributed by atoms with E-state index in [4.69, 9.17) is 15.0 Å². The molecule has 14 nitrogen and oxygen atoms in total. The third kappa shape index (κ3) is 9.39. The molecule has 2 saturated heterocycles. The van der Waals surface area contributed by atoms with E-state index in [1.54, 1.807) is 21.3 Å². The van der Waals surface area contributed by atoms with Crippen molar-refractivity contribution in [1.29, 1.82) is 0 Å². The number of fused-ring (bicyclic) bond motifs is 3. The number of aromatic nitrogens is 6. The van der Waals surface area contributed by atoms with Gasteiger partial charge >= 0.3 is 0 Å². The molecular weight excluding hydrogens is 837 g/mol. The predicted octanol–water partition coefficient (Wildman–Crippen LogP) is 7.23. The van der Waals surface area contributed by atoms with Gasteiger partial charge < -0.3 is 14.4 Å². The van der Waals surface area contributed by atoms with Gasteiger partial charge in [-0.25, -0.2) is 50.4 Å². The molecule has 2 fully saturated rings. The van der Waals surface area contributed by atoms with Crippen LogP contribution in [0.5, 0.6) is 0 Å². The maximum atomic E-state index is 12.1. The van der Waals surface area contributed by atoms with Crippen LogP contribution >= 0.6 is 0 Å². The van der Waals surface area contributed by atoms with Crippen LogP contribution in [0.3, 0.4) is 0 Å². The Morgan fingerprint density at radius 3 is 1.69 bits per heavy atom. The Morgan fingerprint density at radius 1 is 0.694 bits per heavy atom. The lowest BCUT2D eigenvalue weighted by Gasteiger charge is -2.44. The molecule has 62 heavy (non-hydrogen) atoms. The molecule has 0 amide bonds. The van der Waals surface area contributed by atoms with E-state index in [0.717, 1.165) is 80.2 Å². The lowest BCUT2D eigenvalue weighted by atomic mass is 9.88. The lowest BCUT2D eigenvalue weighted by Crippen LogP contribution is -2.51. The average Bonchev–Trinajstić information content (AvgIpc) is 3.64. The van der Waals surface area contributed by atoms with Gasteiger partial charge in [0.25, 0.3) is 0 Å². The van der Waals surface area contributed by atoms with Gasteiger partial charge in [0.1, 0.15) is 18.5 Å². The fourth-order valence-electron chi connectivity index (χ4n) is 11.4. The van der Waals surface area contributed by atoms with Gasteiger partial charge in [0.2, 0.25) is 20.0 Å². The molecule has 4 aliphatic rings. The number of hydrogen-bond acceptors (Lipinski definition) is 11. The number of pyridine rings is 1. The quantitative estimate of drug-likeness (QED) is 0.169. The summed E-state index contributed by atoms with van der Waals surface area (Å²) in [6.45, 7) is 22.7. The largest absolute Gasteiger partial charge is 0.373 e. The van der Waals surface area contributed by atoms with Crippen LogP contribution in [0.25, 0.3) is 10.9 Å². The first kappa shape index (κ1) is 48.1. The average molecular weight is 909 g/mol.